The Labute approximate surface area is 167 Å². The Morgan fingerprint density at radius 3 is 2.67 bits per heavy atom. The molecule has 0 aromatic carbocycles. The normalized spacial score (nSPS) is 38.0. The first-order valence-electron chi connectivity index (χ1n) is 11.1. The topological polar surface area (TPSA) is 53.2 Å². The van der Waals surface area contributed by atoms with Crippen molar-refractivity contribution >= 4 is 8.32 Å². The first-order chi connectivity index (χ1) is 12.6. The van der Waals surface area contributed by atoms with Crippen LogP contribution in [-0.4, -0.2) is 25.6 Å². The van der Waals surface area contributed by atoms with Crippen LogP contribution >= 0.6 is 0 Å². The molecule has 6 atom stereocenters. The van der Waals surface area contributed by atoms with Crippen LogP contribution in [0.5, 0.6) is 0 Å². The molecular weight excluding hydrogens is 350 g/mol. The second-order valence-corrected chi connectivity index (χ2v) is 15.1. The number of fused-ring (bicyclic) bond motifs is 3. The Hall–Kier alpha value is -0.633. The van der Waals surface area contributed by atoms with Gasteiger partial charge in [-0.3, -0.25) is 0 Å². The quantitative estimate of drug-likeness (QED) is 0.476. The number of allylic oxidation sites excluding steroid dienone is 2. The van der Waals surface area contributed by atoms with Crippen LogP contribution in [0.25, 0.3) is 0 Å². The fourth-order valence-electron chi connectivity index (χ4n) is 6.43. The number of aliphatic hydroxyl groups excluding tert-OH is 1. The average molecular weight is 390 g/mol. The van der Waals surface area contributed by atoms with E-state index in [1.807, 2.05) is 0 Å². The summed E-state index contributed by atoms with van der Waals surface area (Å²) in [6.07, 6.45) is 9.79. The van der Waals surface area contributed by atoms with Crippen molar-refractivity contribution in [2.24, 2.45) is 23.2 Å². The maximum Gasteiger partial charge on any atom is 0.185 e. The molecule has 3 aliphatic rings. The number of hydrogen-bond donors (Lipinski definition) is 1. The first kappa shape index (κ1) is 21.1. The lowest BCUT2D eigenvalue weighted by Gasteiger charge is -2.57. The van der Waals surface area contributed by atoms with Gasteiger partial charge in [-0.2, -0.15) is 5.26 Å². The third-order valence-electron chi connectivity index (χ3n) is 7.81. The highest BCUT2D eigenvalue weighted by atomic mass is 28.4. The van der Waals surface area contributed by atoms with Gasteiger partial charge in [-0.15, -0.1) is 0 Å². The van der Waals surface area contributed by atoms with Crippen LogP contribution in [0.1, 0.15) is 71.6 Å². The Morgan fingerprint density at radius 2 is 2.00 bits per heavy atom. The van der Waals surface area contributed by atoms with Gasteiger partial charge in [-0.25, -0.2) is 0 Å². The largest absolute Gasteiger partial charge is 0.402 e. The van der Waals surface area contributed by atoms with Crippen molar-refractivity contribution in [3.63, 3.8) is 0 Å². The summed E-state index contributed by atoms with van der Waals surface area (Å²) in [7, 11) is -1.68. The minimum absolute atomic E-state index is 0.0740. The van der Waals surface area contributed by atoms with Crippen LogP contribution in [0.2, 0.25) is 19.6 Å². The molecular formula is C23H39NO2Si. The summed E-state index contributed by atoms with van der Waals surface area (Å²) in [6, 6.07) is 2.40. The lowest BCUT2D eigenvalue weighted by atomic mass is 9.49. The summed E-state index contributed by atoms with van der Waals surface area (Å²) in [5.41, 5.74) is 3.63. The highest BCUT2D eigenvalue weighted by Crippen LogP contribution is 2.60. The van der Waals surface area contributed by atoms with E-state index in [0.717, 1.165) is 31.6 Å². The number of aliphatic hydroxyl groups is 1. The van der Waals surface area contributed by atoms with Crippen molar-refractivity contribution < 1.29 is 9.53 Å². The van der Waals surface area contributed by atoms with Gasteiger partial charge in [0.15, 0.2) is 8.32 Å². The molecule has 0 amide bonds. The monoisotopic (exact) mass is 389 g/mol. The zero-order chi connectivity index (χ0) is 19.8. The van der Waals surface area contributed by atoms with E-state index < -0.39 is 8.32 Å². The molecule has 6 unspecified atom stereocenters. The van der Waals surface area contributed by atoms with Gasteiger partial charge in [-0.1, -0.05) is 18.1 Å². The highest BCUT2D eigenvalue weighted by Gasteiger charge is 2.51. The van der Waals surface area contributed by atoms with Gasteiger partial charge < -0.3 is 9.53 Å². The van der Waals surface area contributed by atoms with Crippen molar-refractivity contribution in [3.05, 3.63) is 11.1 Å². The molecule has 0 heterocycles. The summed E-state index contributed by atoms with van der Waals surface area (Å²) in [6.45, 7) is 11.3. The summed E-state index contributed by atoms with van der Waals surface area (Å²) >= 11 is 0. The fraction of sp³-hybridized carbons (Fsp3) is 0.870. The van der Waals surface area contributed by atoms with Crippen molar-refractivity contribution in [1.82, 2.24) is 0 Å². The first-order valence-corrected chi connectivity index (χ1v) is 14.5. The zero-order valence-corrected chi connectivity index (χ0v) is 19.1. The molecule has 3 rings (SSSR count). The maximum absolute atomic E-state index is 10.2. The van der Waals surface area contributed by atoms with E-state index in [9.17, 15) is 10.4 Å². The molecule has 0 radical (unpaired) electrons. The molecule has 0 spiro atoms. The highest BCUT2D eigenvalue weighted by molar-refractivity contribution is 6.69. The summed E-state index contributed by atoms with van der Waals surface area (Å²) in [5.74, 6) is 2.16. The molecule has 0 aliphatic heterocycles. The van der Waals surface area contributed by atoms with Crippen LogP contribution in [0, 0.1) is 34.5 Å². The molecule has 0 aromatic heterocycles. The van der Waals surface area contributed by atoms with Crippen molar-refractivity contribution in [2.75, 3.05) is 0 Å². The van der Waals surface area contributed by atoms with Gasteiger partial charge in [0.2, 0.25) is 0 Å². The van der Waals surface area contributed by atoms with Crippen molar-refractivity contribution in [2.45, 2.75) is 103 Å². The lowest BCUT2D eigenvalue weighted by Crippen LogP contribution is -2.49. The number of nitriles is 1. The number of nitrogens with zero attached hydrogens (tertiary/aromatic N) is 1. The standard InChI is InChI=1S/C23H39NO2Si/c1-16-6-11-22-21(9-7-17-14-18(25)12-13-23(17,22)2)20(16)10-8-19(15-24)26-27(3,4)5/h17-19,21-22,25H,6-14H2,1-5H3. The Kier molecular flexibility index (Phi) is 6.25. The predicted molar refractivity (Wildman–Crippen MR) is 113 cm³/mol. The Balaban J connectivity index is 1.72. The van der Waals surface area contributed by atoms with Gasteiger partial charge in [0.25, 0.3) is 0 Å². The second kappa shape index (κ2) is 8.01. The van der Waals surface area contributed by atoms with Gasteiger partial charge in [-0.05, 0) is 108 Å². The van der Waals surface area contributed by atoms with Gasteiger partial charge >= 0.3 is 0 Å². The Bertz CT molecular complexity index is 617. The van der Waals surface area contributed by atoms with Crippen molar-refractivity contribution in [1.29, 1.82) is 5.26 Å². The van der Waals surface area contributed by atoms with E-state index in [1.54, 1.807) is 11.1 Å². The molecule has 2 saturated carbocycles. The summed E-state index contributed by atoms with van der Waals surface area (Å²) in [5, 5.41) is 19.7. The van der Waals surface area contributed by atoms with E-state index in [2.05, 4.69) is 39.6 Å². The third-order valence-corrected chi connectivity index (χ3v) is 8.80. The molecule has 2 fully saturated rings. The zero-order valence-electron chi connectivity index (χ0n) is 18.1. The van der Waals surface area contributed by atoms with Crippen LogP contribution in [0.4, 0.5) is 0 Å². The van der Waals surface area contributed by atoms with Crippen LogP contribution < -0.4 is 0 Å². The predicted octanol–water partition coefficient (Wildman–Crippen LogP) is 5.81. The smallest absolute Gasteiger partial charge is 0.185 e. The fourth-order valence-corrected chi connectivity index (χ4v) is 7.46. The molecule has 152 valence electrons. The molecule has 0 saturated heterocycles. The third kappa shape index (κ3) is 4.52. The van der Waals surface area contributed by atoms with Gasteiger partial charge in [0, 0.05) is 0 Å². The molecule has 3 aliphatic carbocycles. The van der Waals surface area contributed by atoms with E-state index in [0.29, 0.717) is 17.3 Å². The minimum Gasteiger partial charge on any atom is -0.402 e. The SMILES string of the molecule is CC1=C(CCC(C#N)O[Si](C)(C)C)C2CCC3CC(O)CCC3(C)C2CC1. The second-order valence-electron chi connectivity index (χ2n) is 10.7. The van der Waals surface area contributed by atoms with E-state index >= 15 is 0 Å². The summed E-state index contributed by atoms with van der Waals surface area (Å²) < 4.78 is 6.09. The molecule has 0 bridgehead atoms. The minimum atomic E-state index is -1.68. The van der Waals surface area contributed by atoms with E-state index in [1.165, 1.54) is 32.1 Å². The summed E-state index contributed by atoms with van der Waals surface area (Å²) in [4.78, 5) is 0. The van der Waals surface area contributed by atoms with Crippen LogP contribution in [0.15, 0.2) is 11.1 Å². The number of rotatable bonds is 5. The average Bonchev–Trinajstić information content (AvgIpc) is 2.59. The maximum atomic E-state index is 10.2. The lowest BCUT2D eigenvalue weighted by molar-refractivity contribution is -0.0699. The van der Waals surface area contributed by atoms with Gasteiger partial charge in [0.1, 0.15) is 6.10 Å². The molecule has 3 nitrogen and oxygen atoms in total. The van der Waals surface area contributed by atoms with Crippen LogP contribution in [-0.2, 0) is 4.43 Å². The van der Waals surface area contributed by atoms with Crippen LogP contribution in [0.3, 0.4) is 0 Å². The van der Waals surface area contributed by atoms with E-state index in [-0.39, 0.29) is 12.2 Å². The molecule has 1 N–H and O–H groups in total. The van der Waals surface area contributed by atoms with Gasteiger partial charge in [0.05, 0.1) is 12.2 Å². The molecule has 4 heteroatoms. The molecule has 27 heavy (non-hydrogen) atoms. The molecule has 0 aromatic rings. The number of hydrogen-bond acceptors (Lipinski definition) is 3. The van der Waals surface area contributed by atoms with E-state index in [4.69, 9.17) is 4.43 Å². The Morgan fingerprint density at radius 1 is 1.26 bits per heavy atom. The van der Waals surface area contributed by atoms with Crippen molar-refractivity contribution in [3.8, 4) is 6.07 Å².